The molecule has 8 unspecified atom stereocenters. The Balaban J connectivity index is 1.76. The molecule has 5 aliphatic carbocycles. The number of allylic oxidation sites excluding steroid dienone is 2. The van der Waals surface area contributed by atoms with Crippen LogP contribution in [0.2, 0.25) is 0 Å². The molecular formula is C14H17F. The van der Waals surface area contributed by atoms with Crippen LogP contribution in [0.4, 0.5) is 4.39 Å². The Morgan fingerprint density at radius 2 is 2.07 bits per heavy atom. The maximum atomic E-state index is 14.2. The quantitative estimate of drug-likeness (QED) is 0.532. The van der Waals surface area contributed by atoms with Crippen LogP contribution < -0.4 is 0 Å². The second-order valence-electron chi connectivity index (χ2n) is 6.68. The van der Waals surface area contributed by atoms with Crippen LogP contribution in [-0.2, 0) is 0 Å². The first-order chi connectivity index (χ1) is 7.32. The lowest BCUT2D eigenvalue weighted by Crippen LogP contribution is -2.41. The number of fused-ring (bicyclic) bond motifs is 5. The second-order valence-corrected chi connectivity index (χ2v) is 6.68. The zero-order valence-corrected chi connectivity index (χ0v) is 8.90. The maximum absolute atomic E-state index is 14.2. The molecule has 0 aromatic rings. The third-order valence-electron chi connectivity index (χ3n) is 6.81. The van der Waals surface area contributed by atoms with Crippen molar-refractivity contribution in [2.75, 3.05) is 0 Å². The Morgan fingerprint density at radius 1 is 1.13 bits per heavy atom. The predicted octanol–water partition coefficient (Wildman–Crippen LogP) is 3.19. The van der Waals surface area contributed by atoms with Crippen molar-refractivity contribution in [2.24, 2.45) is 40.9 Å². The summed E-state index contributed by atoms with van der Waals surface area (Å²) in [5.74, 6) is 4.08. The fourth-order valence-electron chi connectivity index (χ4n) is 6.69. The molecule has 0 nitrogen and oxygen atoms in total. The fraction of sp³-hybridized carbons (Fsp3) is 0.857. The second kappa shape index (κ2) is 2.06. The number of halogens is 1. The third-order valence-corrected chi connectivity index (χ3v) is 6.81. The Bertz CT molecular complexity index is 374. The van der Waals surface area contributed by atoms with E-state index in [1.54, 1.807) is 0 Å². The highest BCUT2D eigenvalue weighted by molar-refractivity contribution is 5.30. The Labute approximate surface area is 89.9 Å². The molecule has 0 saturated heterocycles. The molecule has 0 aliphatic heterocycles. The van der Waals surface area contributed by atoms with E-state index in [0.717, 1.165) is 23.7 Å². The van der Waals surface area contributed by atoms with E-state index in [1.807, 2.05) is 0 Å². The highest BCUT2D eigenvalue weighted by Gasteiger charge is 2.75. The van der Waals surface area contributed by atoms with Crippen LogP contribution in [-0.4, -0.2) is 6.17 Å². The molecule has 1 heteroatoms. The van der Waals surface area contributed by atoms with Crippen molar-refractivity contribution >= 4 is 0 Å². The lowest BCUT2D eigenvalue weighted by Gasteiger charge is -2.43. The molecule has 5 rings (SSSR count). The van der Waals surface area contributed by atoms with Gasteiger partial charge in [-0.05, 0) is 66.6 Å². The van der Waals surface area contributed by atoms with Crippen LogP contribution in [0.5, 0.6) is 0 Å². The van der Waals surface area contributed by atoms with Crippen molar-refractivity contribution in [1.82, 2.24) is 0 Å². The molecule has 5 aliphatic rings. The van der Waals surface area contributed by atoms with Crippen LogP contribution in [0.1, 0.15) is 25.7 Å². The van der Waals surface area contributed by atoms with Gasteiger partial charge in [0.25, 0.3) is 0 Å². The lowest BCUT2D eigenvalue weighted by atomic mass is 9.62. The van der Waals surface area contributed by atoms with Gasteiger partial charge in [0.05, 0.1) is 0 Å². The van der Waals surface area contributed by atoms with Crippen LogP contribution in [0, 0.1) is 40.9 Å². The summed E-state index contributed by atoms with van der Waals surface area (Å²) in [6.07, 6.45) is 9.65. The van der Waals surface area contributed by atoms with Crippen molar-refractivity contribution in [2.45, 2.75) is 31.9 Å². The first-order valence-corrected chi connectivity index (χ1v) is 6.65. The number of hydrogen-bond donors (Lipinski definition) is 0. The van der Waals surface area contributed by atoms with Gasteiger partial charge in [-0.3, -0.25) is 0 Å². The van der Waals surface area contributed by atoms with Crippen LogP contribution >= 0.6 is 0 Å². The topological polar surface area (TPSA) is 0 Å². The molecule has 0 aromatic heterocycles. The highest BCUT2D eigenvalue weighted by atomic mass is 19.1. The van der Waals surface area contributed by atoms with E-state index in [0.29, 0.717) is 17.3 Å². The summed E-state index contributed by atoms with van der Waals surface area (Å²) in [6, 6.07) is 0. The molecule has 0 aromatic carbocycles. The largest absolute Gasteiger partial charge is 0.247 e. The smallest absolute Gasteiger partial charge is 0.106 e. The summed E-state index contributed by atoms with van der Waals surface area (Å²) in [5, 5.41) is 0. The van der Waals surface area contributed by atoms with Crippen molar-refractivity contribution in [3.8, 4) is 0 Å². The molecule has 4 bridgehead atoms. The van der Waals surface area contributed by atoms with Gasteiger partial charge in [0.2, 0.25) is 0 Å². The van der Waals surface area contributed by atoms with E-state index in [9.17, 15) is 4.39 Å². The summed E-state index contributed by atoms with van der Waals surface area (Å²) in [7, 11) is 0. The van der Waals surface area contributed by atoms with Gasteiger partial charge >= 0.3 is 0 Å². The molecule has 0 N–H and O–H groups in total. The third kappa shape index (κ3) is 0.580. The normalized spacial score (nSPS) is 71.9. The molecule has 15 heavy (non-hydrogen) atoms. The molecular weight excluding hydrogens is 187 g/mol. The monoisotopic (exact) mass is 204 g/mol. The molecule has 0 amide bonds. The Morgan fingerprint density at radius 3 is 3.00 bits per heavy atom. The summed E-state index contributed by atoms with van der Waals surface area (Å²) in [4.78, 5) is 0. The van der Waals surface area contributed by atoms with Gasteiger partial charge in [0.15, 0.2) is 0 Å². The van der Waals surface area contributed by atoms with E-state index < -0.39 is 6.17 Å². The summed E-state index contributed by atoms with van der Waals surface area (Å²) in [6.45, 7) is 0. The van der Waals surface area contributed by atoms with Gasteiger partial charge in [-0.25, -0.2) is 4.39 Å². The van der Waals surface area contributed by atoms with Gasteiger partial charge in [-0.2, -0.15) is 0 Å². The standard InChI is InChI=1S/C14H17F/c15-13-9-3-4-14-8-2-1-7(5-8)12(14)10(13)6-11(9)14/h1-2,7-13H,3-6H2. The minimum atomic E-state index is -0.427. The van der Waals surface area contributed by atoms with E-state index >= 15 is 0 Å². The predicted molar refractivity (Wildman–Crippen MR) is 55.9 cm³/mol. The van der Waals surface area contributed by atoms with Gasteiger partial charge in [0, 0.05) is 0 Å². The summed E-state index contributed by atoms with van der Waals surface area (Å²) >= 11 is 0. The molecule has 8 atom stereocenters. The minimum absolute atomic E-state index is 0.427. The highest BCUT2D eigenvalue weighted by Crippen LogP contribution is 2.79. The molecule has 1 spiro atoms. The van der Waals surface area contributed by atoms with Crippen LogP contribution in [0.3, 0.4) is 0 Å². The molecule has 0 heterocycles. The first-order valence-electron chi connectivity index (χ1n) is 6.65. The van der Waals surface area contributed by atoms with Gasteiger partial charge in [-0.15, -0.1) is 0 Å². The molecule has 80 valence electrons. The zero-order chi connectivity index (χ0) is 9.78. The van der Waals surface area contributed by atoms with E-state index in [-0.39, 0.29) is 0 Å². The maximum Gasteiger partial charge on any atom is 0.106 e. The first kappa shape index (κ1) is 7.86. The zero-order valence-electron chi connectivity index (χ0n) is 8.90. The van der Waals surface area contributed by atoms with Crippen LogP contribution in [0.15, 0.2) is 12.2 Å². The molecule has 4 fully saturated rings. The molecule has 4 saturated carbocycles. The summed E-state index contributed by atoms with van der Waals surface area (Å²) < 4.78 is 14.2. The van der Waals surface area contributed by atoms with Crippen molar-refractivity contribution in [3.63, 3.8) is 0 Å². The lowest BCUT2D eigenvalue weighted by molar-refractivity contribution is 0.0309. The Hall–Kier alpha value is -0.330. The van der Waals surface area contributed by atoms with E-state index in [1.165, 1.54) is 25.7 Å². The average molecular weight is 204 g/mol. The van der Waals surface area contributed by atoms with Gasteiger partial charge in [-0.1, -0.05) is 12.2 Å². The molecule has 0 radical (unpaired) electrons. The number of hydrogen-bond acceptors (Lipinski definition) is 0. The van der Waals surface area contributed by atoms with Gasteiger partial charge in [0.1, 0.15) is 6.17 Å². The van der Waals surface area contributed by atoms with Crippen molar-refractivity contribution < 1.29 is 4.39 Å². The minimum Gasteiger partial charge on any atom is -0.247 e. The van der Waals surface area contributed by atoms with Gasteiger partial charge < -0.3 is 0 Å². The number of alkyl halides is 1. The van der Waals surface area contributed by atoms with Crippen LogP contribution in [0.25, 0.3) is 0 Å². The average Bonchev–Trinajstić information content (AvgIpc) is 2.93. The van der Waals surface area contributed by atoms with E-state index in [4.69, 9.17) is 0 Å². The fourth-order valence-corrected chi connectivity index (χ4v) is 6.69. The van der Waals surface area contributed by atoms with Crippen molar-refractivity contribution in [3.05, 3.63) is 12.2 Å². The van der Waals surface area contributed by atoms with E-state index in [2.05, 4.69) is 12.2 Å². The Kier molecular flexibility index (Phi) is 1.08. The summed E-state index contributed by atoms with van der Waals surface area (Å²) in [5.41, 5.74) is 0.608. The number of rotatable bonds is 0. The SMILES string of the molecule is FC1C2CCC34C5C=CC(C5)C3C1CC24. The van der Waals surface area contributed by atoms with Crippen molar-refractivity contribution in [1.29, 1.82) is 0 Å².